The summed E-state index contributed by atoms with van der Waals surface area (Å²) in [6, 6.07) is 15.4. The Kier molecular flexibility index (Phi) is 4.86. The third-order valence-corrected chi connectivity index (χ3v) is 5.66. The van der Waals surface area contributed by atoms with Gasteiger partial charge in [0.25, 0.3) is 5.91 Å². The van der Waals surface area contributed by atoms with Gasteiger partial charge < -0.3 is 15.7 Å². The molecule has 1 aromatic heterocycles. The monoisotopic (exact) mass is 367 g/mol. The number of nitrogens with zero attached hydrogens (tertiary/aromatic N) is 1. The summed E-state index contributed by atoms with van der Waals surface area (Å²) in [7, 11) is 0. The number of aliphatic hydroxyl groups is 1. The minimum atomic E-state index is -0.158. The number of para-hydroxylation sites is 1. The fraction of sp³-hybridized carbons (Fsp3) is 0.300. The molecule has 0 spiro atoms. The quantitative estimate of drug-likeness (QED) is 0.644. The lowest BCUT2D eigenvalue weighted by Crippen LogP contribution is -2.28. The number of hydrogen-bond donors (Lipinski definition) is 3. The summed E-state index contributed by atoms with van der Waals surface area (Å²) < 4.78 is 0.990. The van der Waals surface area contributed by atoms with Gasteiger partial charge in [0.1, 0.15) is 0 Å². The van der Waals surface area contributed by atoms with Crippen molar-refractivity contribution < 1.29 is 9.90 Å². The molecule has 2 aromatic carbocycles. The molecule has 26 heavy (non-hydrogen) atoms. The van der Waals surface area contributed by atoms with E-state index < -0.39 is 0 Å². The molecule has 0 unspecified atom stereocenters. The molecule has 1 fully saturated rings. The van der Waals surface area contributed by atoms with E-state index in [1.165, 1.54) is 0 Å². The Balaban J connectivity index is 1.48. The van der Waals surface area contributed by atoms with E-state index in [2.05, 4.69) is 15.6 Å². The molecular formula is C20H21N3O2S. The summed E-state index contributed by atoms with van der Waals surface area (Å²) in [6.45, 7) is 0. The highest BCUT2D eigenvalue weighted by Gasteiger charge is 2.20. The van der Waals surface area contributed by atoms with Gasteiger partial charge in [-0.05, 0) is 56.0 Å². The smallest absolute Gasteiger partial charge is 0.255 e. The number of rotatable bonds is 4. The molecule has 134 valence electrons. The van der Waals surface area contributed by atoms with Crippen molar-refractivity contribution in [1.29, 1.82) is 0 Å². The van der Waals surface area contributed by atoms with Crippen molar-refractivity contribution in [2.24, 2.45) is 0 Å². The minimum absolute atomic E-state index is 0.123. The van der Waals surface area contributed by atoms with Gasteiger partial charge in [-0.25, -0.2) is 4.98 Å². The van der Waals surface area contributed by atoms with E-state index >= 15 is 0 Å². The number of fused-ring (bicyclic) bond motifs is 1. The van der Waals surface area contributed by atoms with Crippen LogP contribution in [0.25, 0.3) is 10.2 Å². The molecule has 0 aliphatic heterocycles. The molecule has 0 saturated heterocycles. The van der Waals surface area contributed by atoms with Crippen LogP contribution in [-0.2, 0) is 0 Å². The van der Waals surface area contributed by atoms with Crippen molar-refractivity contribution in [2.45, 2.75) is 37.8 Å². The van der Waals surface area contributed by atoms with E-state index in [-0.39, 0.29) is 12.0 Å². The molecule has 1 aliphatic carbocycles. The summed E-state index contributed by atoms with van der Waals surface area (Å²) in [5, 5.41) is 16.9. The van der Waals surface area contributed by atoms with Crippen molar-refractivity contribution >= 4 is 38.3 Å². The summed E-state index contributed by atoms with van der Waals surface area (Å²) in [4.78, 5) is 17.1. The van der Waals surface area contributed by atoms with Crippen molar-refractivity contribution in [2.75, 3.05) is 10.6 Å². The van der Waals surface area contributed by atoms with Crippen molar-refractivity contribution in [3.63, 3.8) is 0 Å². The third kappa shape index (κ3) is 3.86. The van der Waals surface area contributed by atoms with Gasteiger partial charge >= 0.3 is 0 Å². The van der Waals surface area contributed by atoms with Gasteiger partial charge in [0.15, 0.2) is 5.13 Å². The number of amides is 1. The molecule has 5 nitrogen and oxygen atoms in total. The highest BCUT2D eigenvalue weighted by Crippen LogP contribution is 2.30. The average Bonchev–Trinajstić information content (AvgIpc) is 3.06. The Morgan fingerprint density at radius 2 is 1.85 bits per heavy atom. The average molecular weight is 367 g/mol. The van der Waals surface area contributed by atoms with Crippen LogP contribution in [0.1, 0.15) is 36.0 Å². The van der Waals surface area contributed by atoms with Gasteiger partial charge in [-0.2, -0.15) is 0 Å². The van der Waals surface area contributed by atoms with Gasteiger partial charge in [0.2, 0.25) is 0 Å². The Labute approximate surface area is 156 Å². The normalized spacial score (nSPS) is 20.0. The maximum absolute atomic E-state index is 12.4. The fourth-order valence-corrected chi connectivity index (χ4v) is 4.23. The van der Waals surface area contributed by atoms with Crippen LogP contribution in [0.3, 0.4) is 0 Å². The molecule has 1 saturated carbocycles. The van der Waals surface area contributed by atoms with E-state index in [0.29, 0.717) is 11.6 Å². The van der Waals surface area contributed by atoms with Gasteiger partial charge in [-0.3, -0.25) is 4.79 Å². The molecule has 0 atom stereocenters. The molecule has 0 bridgehead atoms. The zero-order chi connectivity index (χ0) is 17.9. The molecule has 1 aliphatic rings. The first-order valence-corrected chi connectivity index (χ1v) is 9.70. The maximum Gasteiger partial charge on any atom is 0.255 e. The standard InChI is InChI=1S/C20H21N3O2S/c24-16-9-7-15(8-10-16)22-20-23-17-11-6-13(12-18(17)26-20)19(25)21-14-4-2-1-3-5-14/h1-6,11-12,15-16,24H,7-10H2,(H,21,25)(H,22,23). The van der Waals surface area contributed by atoms with Gasteiger partial charge in [-0.15, -0.1) is 0 Å². The first-order valence-electron chi connectivity index (χ1n) is 8.89. The summed E-state index contributed by atoms with van der Waals surface area (Å²) in [5.41, 5.74) is 2.30. The summed E-state index contributed by atoms with van der Waals surface area (Å²) in [5.74, 6) is -0.123. The zero-order valence-electron chi connectivity index (χ0n) is 14.3. The Morgan fingerprint density at radius 1 is 1.08 bits per heavy atom. The van der Waals surface area contributed by atoms with E-state index in [0.717, 1.165) is 46.7 Å². The van der Waals surface area contributed by atoms with Gasteiger partial charge in [-0.1, -0.05) is 29.5 Å². The summed E-state index contributed by atoms with van der Waals surface area (Å²) in [6.07, 6.45) is 3.44. The van der Waals surface area contributed by atoms with Crippen LogP contribution in [0.15, 0.2) is 48.5 Å². The molecule has 1 heterocycles. The highest BCUT2D eigenvalue weighted by atomic mass is 32.1. The zero-order valence-corrected chi connectivity index (χ0v) is 15.1. The van der Waals surface area contributed by atoms with Gasteiger partial charge in [0, 0.05) is 17.3 Å². The Hall–Kier alpha value is -2.44. The molecule has 1 amide bonds. The van der Waals surface area contributed by atoms with Crippen LogP contribution < -0.4 is 10.6 Å². The van der Waals surface area contributed by atoms with Crippen LogP contribution in [-0.4, -0.2) is 28.1 Å². The van der Waals surface area contributed by atoms with E-state index in [1.807, 2.05) is 42.5 Å². The number of nitrogens with one attached hydrogen (secondary N) is 2. The second kappa shape index (κ2) is 7.43. The molecule has 3 N–H and O–H groups in total. The first-order chi connectivity index (χ1) is 12.7. The largest absolute Gasteiger partial charge is 0.393 e. The number of aromatic nitrogens is 1. The van der Waals surface area contributed by atoms with Crippen LogP contribution in [0.4, 0.5) is 10.8 Å². The van der Waals surface area contributed by atoms with Crippen molar-refractivity contribution in [3.05, 3.63) is 54.1 Å². The lowest BCUT2D eigenvalue weighted by molar-refractivity contribution is 0.102. The molecule has 0 radical (unpaired) electrons. The predicted molar refractivity (Wildman–Crippen MR) is 106 cm³/mol. The SMILES string of the molecule is O=C(Nc1ccccc1)c1ccc2nc(NC3CCC(O)CC3)sc2c1. The molecule has 4 rings (SSSR count). The van der Waals surface area contributed by atoms with Crippen molar-refractivity contribution in [1.82, 2.24) is 4.98 Å². The summed E-state index contributed by atoms with van der Waals surface area (Å²) >= 11 is 1.56. The third-order valence-electron chi connectivity index (χ3n) is 4.71. The fourth-order valence-electron chi connectivity index (χ4n) is 3.25. The second-order valence-electron chi connectivity index (χ2n) is 6.67. The van der Waals surface area contributed by atoms with E-state index in [9.17, 15) is 9.90 Å². The maximum atomic E-state index is 12.4. The van der Waals surface area contributed by atoms with E-state index in [1.54, 1.807) is 17.4 Å². The van der Waals surface area contributed by atoms with E-state index in [4.69, 9.17) is 0 Å². The van der Waals surface area contributed by atoms with Crippen LogP contribution in [0, 0.1) is 0 Å². The van der Waals surface area contributed by atoms with Gasteiger partial charge in [0.05, 0.1) is 16.3 Å². The first kappa shape index (κ1) is 17.0. The highest BCUT2D eigenvalue weighted by molar-refractivity contribution is 7.22. The number of anilines is 2. The minimum Gasteiger partial charge on any atom is -0.393 e. The van der Waals surface area contributed by atoms with Crippen LogP contribution in [0.5, 0.6) is 0 Å². The molecular weight excluding hydrogens is 346 g/mol. The lowest BCUT2D eigenvalue weighted by Gasteiger charge is -2.25. The Morgan fingerprint density at radius 3 is 2.62 bits per heavy atom. The van der Waals surface area contributed by atoms with Crippen molar-refractivity contribution in [3.8, 4) is 0 Å². The number of carbonyl (C=O) groups is 1. The second-order valence-corrected chi connectivity index (χ2v) is 7.70. The lowest BCUT2D eigenvalue weighted by atomic mass is 9.93. The van der Waals surface area contributed by atoms with Crippen LogP contribution >= 0.6 is 11.3 Å². The topological polar surface area (TPSA) is 74.2 Å². The number of benzene rings is 2. The number of carbonyl (C=O) groups excluding carboxylic acids is 1. The molecule has 3 aromatic rings. The number of aliphatic hydroxyl groups excluding tert-OH is 1. The van der Waals surface area contributed by atoms with Crippen LogP contribution in [0.2, 0.25) is 0 Å². The Bertz CT molecular complexity index is 902. The number of thiazole rings is 1. The molecule has 6 heteroatoms. The number of hydrogen-bond acceptors (Lipinski definition) is 5. The predicted octanol–water partition coefficient (Wildman–Crippen LogP) is 4.26.